The lowest BCUT2D eigenvalue weighted by molar-refractivity contribution is -0.138. The van der Waals surface area contributed by atoms with Gasteiger partial charge in [-0.3, -0.25) is 14.2 Å². The Morgan fingerprint density at radius 3 is 2.51 bits per heavy atom. The number of carbonyl (C=O) groups excluding carboxylic acids is 1. The summed E-state index contributed by atoms with van der Waals surface area (Å²) in [5.41, 5.74) is -1.71. The average Bonchev–Trinajstić information content (AvgIpc) is 3.81. The first-order chi connectivity index (χ1) is 21.6. The van der Waals surface area contributed by atoms with Crippen LogP contribution in [0.2, 0.25) is 0 Å². The zero-order valence-electron chi connectivity index (χ0n) is 25.8. The summed E-state index contributed by atoms with van der Waals surface area (Å²) in [6.07, 6.45) is 5.00. The number of methoxy groups -OCH3 is 1. The Kier molecular flexibility index (Phi) is 8.63. The highest BCUT2D eigenvalue weighted by Crippen LogP contribution is 2.35. The van der Waals surface area contributed by atoms with Crippen molar-refractivity contribution in [1.82, 2.24) is 29.0 Å². The summed E-state index contributed by atoms with van der Waals surface area (Å²) in [4.78, 5) is 46.2. The van der Waals surface area contributed by atoms with Crippen molar-refractivity contribution in [2.24, 2.45) is 0 Å². The van der Waals surface area contributed by atoms with E-state index in [1.165, 1.54) is 58.4 Å². The molecule has 5 heterocycles. The highest BCUT2D eigenvalue weighted by molar-refractivity contribution is 7.21. The van der Waals surface area contributed by atoms with Gasteiger partial charge in [-0.2, -0.15) is 10.2 Å². The summed E-state index contributed by atoms with van der Waals surface area (Å²) in [5, 5.41) is 9.36. The molecule has 2 aliphatic heterocycles. The number of rotatable bonds is 9. The van der Waals surface area contributed by atoms with Crippen LogP contribution in [0.3, 0.4) is 0 Å². The lowest BCUT2D eigenvalue weighted by Gasteiger charge is -2.32. The van der Waals surface area contributed by atoms with Crippen molar-refractivity contribution in [2.45, 2.75) is 70.7 Å². The molecule has 2 saturated heterocycles. The van der Waals surface area contributed by atoms with Gasteiger partial charge in [0.1, 0.15) is 33.0 Å². The molecule has 1 amide bonds. The van der Waals surface area contributed by atoms with Crippen molar-refractivity contribution >= 4 is 27.5 Å². The van der Waals surface area contributed by atoms with E-state index in [-0.39, 0.29) is 23.9 Å². The number of likely N-dealkylation sites (tertiary alicyclic amines) is 1. The summed E-state index contributed by atoms with van der Waals surface area (Å²) < 4.78 is 35.0. The Hall–Kier alpha value is -3.88. The maximum atomic E-state index is 14.7. The molecule has 2 aliphatic rings. The summed E-state index contributed by atoms with van der Waals surface area (Å²) in [6.45, 7) is 7.09. The zero-order valence-corrected chi connectivity index (χ0v) is 26.6. The molecular formula is C31H37FN6O6S. The van der Waals surface area contributed by atoms with Crippen molar-refractivity contribution in [3.63, 3.8) is 0 Å². The van der Waals surface area contributed by atoms with Gasteiger partial charge >= 0.3 is 5.69 Å². The minimum Gasteiger partial charge on any atom is -0.496 e. The minimum absolute atomic E-state index is 0.0767. The predicted octanol–water partition coefficient (Wildman–Crippen LogP) is 3.56. The number of hydrogen-bond donors (Lipinski definition) is 0. The van der Waals surface area contributed by atoms with E-state index < -0.39 is 28.7 Å². The van der Waals surface area contributed by atoms with Gasteiger partial charge in [-0.05, 0) is 64.7 Å². The summed E-state index contributed by atoms with van der Waals surface area (Å²) in [5.74, 6) is -0.377. The number of hydrogen-bond acceptors (Lipinski definition) is 9. The number of halogens is 1. The van der Waals surface area contributed by atoms with Gasteiger partial charge in [0.25, 0.3) is 5.56 Å². The van der Waals surface area contributed by atoms with Gasteiger partial charge in [-0.15, -0.1) is 4.80 Å². The number of ether oxygens (including phenoxy) is 3. The first-order valence-electron chi connectivity index (χ1n) is 15.1. The number of thiophene rings is 1. The van der Waals surface area contributed by atoms with E-state index >= 15 is 0 Å². The second-order valence-corrected chi connectivity index (χ2v) is 12.9. The third-order valence-electron chi connectivity index (χ3n) is 8.68. The molecule has 6 rings (SSSR count). The fourth-order valence-electron chi connectivity index (χ4n) is 6.28. The van der Waals surface area contributed by atoms with Crippen LogP contribution in [-0.4, -0.2) is 74.5 Å². The number of aryl methyl sites for hydroxylation is 1. The van der Waals surface area contributed by atoms with Crippen LogP contribution in [-0.2, 0) is 26.4 Å². The quantitative estimate of drug-likeness (QED) is 0.272. The molecule has 0 radical (unpaired) electrons. The summed E-state index contributed by atoms with van der Waals surface area (Å²) in [7, 11) is 1.49. The number of nitrogens with zero attached hydrogens (tertiary/aromatic N) is 6. The third-order valence-corrected chi connectivity index (χ3v) is 9.96. The smallest absolute Gasteiger partial charge is 0.333 e. The van der Waals surface area contributed by atoms with Crippen LogP contribution < -0.4 is 16.0 Å². The Bertz CT molecular complexity index is 1820. The van der Waals surface area contributed by atoms with Gasteiger partial charge in [0.2, 0.25) is 5.91 Å². The third kappa shape index (κ3) is 5.70. The number of carbonyl (C=O) groups is 1. The molecule has 0 aliphatic carbocycles. The fraction of sp³-hybridized carbons (Fsp3) is 0.516. The molecule has 45 heavy (non-hydrogen) atoms. The van der Waals surface area contributed by atoms with E-state index in [0.29, 0.717) is 65.9 Å². The molecule has 1 atom stereocenters. The van der Waals surface area contributed by atoms with Crippen LogP contribution >= 0.6 is 11.3 Å². The van der Waals surface area contributed by atoms with Crippen LogP contribution in [0.5, 0.6) is 5.75 Å². The predicted molar refractivity (Wildman–Crippen MR) is 166 cm³/mol. The molecular weight excluding hydrogens is 603 g/mol. The van der Waals surface area contributed by atoms with Crippen molar-refractivity contribution in [3.05, 3.63) is 68.4 Å². The molecule has 12 nitrogen and oxygen atoms in total. The zero-order chi connectivity index (χ0) is 31.9. The molecule has 240 valence electrons. The Morgan fingerprint density at radius 1 is 1.16 bits per heavy atom. The van der Waals surface area contributed by atoms with Crippen molar-refractivity contribution < 1.29 is 23.4 Å². The second kappa shape index (κ2) is 12.5. The standard InChI is InChI=1S/C31H37FN6O6S/c1-19-25-26(39)37(31(2,3)29(40)35-13-5-6-14-35)30(41)36(28(25)45-27(19)38-33-11-12-34-38)18-24(44-21-9-15-43-16-10-21)22-17-20(32)7-8-23(22)42-4/h7-8,11-12,17,21,24H,5-6,9-10,13-16,18H2,1-4H3/t24-/m0/s1. The molecule has 0 bridgehead atoms. The minimum atomic E-state index is -1.49. The molecule has 14 heteroatoms. The highest BCUT2D eigenvalue weighted by Gasteiger charge is 2.39. The normalized spacial score (nSPS) is 16.9. The van der Waals surface area contributed by atoms with Gasteiger partial charge in [0.15, 0.2) is 0 Å². The Morgan fingerprint density at radius 2 is 1.84 bits per heavy atom. The first kappa shape index (κ1) is 31.1. The maximum absolute atomic E-state index is 14.7. The molecule has 4 aromatic rings. The van der Waals surface area contributed by atoms with Gasteiger partial charge in [0.05, 0.1) is 37.5 Å². The van der Waals surface area contributed by atoms with Gasteiger partial charge in [0, 0.05) is 37.4 Å². The van der Waals surface area contributed by atoms with Crippen LogP contribution in [0, 0.1) is 12.7 Å². The largest absolute Gasteiger partial charge is 0.496 e. The Balaban J connectivity index is 1.57. The molecule has 0 spiro atoms. The highest BCUT2D eigenvalue weighted by atomic mass is 32.1. The van der Waals surface area contributed by atoms with Crippen LogP contribution in [0.1, 0.15) is 56.8 Å². The molecule has 0 saturated carbocycles. The van der Waals surface area contributed by atoms with Gasteiger partial charge < -0.3 is 19.1 Å². The lowest BCUT2D eigenvalue weighted by atomic mass is 10.0. The summed E-state index contributed by atoms with van der Waals surface area (Å²) in [6, 6.07) is 4.18. The van der Waals surface area contributed by atoms with E-state index in [4.69, 9.17) is 14.2 Å². The second-order valence-electron chi connectivity index (χ2n) is 11.9. The van der Waals surface area contributed by atoms with Crippen LogP contribution in [0.4, 0.5) is 4.39 Å². The number of amides is 1. The van der Waals surface area contributed by atoms with E-state index in [1.807, 2.05) is 0 Å². The first-order valence-corrected chi connectivity index (χ1v) is 16.0. The molecule has 3 aromatic heterocycles. The van der Waals surface area contributed by atoms with E-state index in [2.05, 4.69) is 10.2 Å². The van der Waals surface area contributed by atoms with Crippen molar-refractivity contribution in [3.8, 4) is 10.8 Å². The Labute approximate surface area is 262 Å². The molecule has 1 aromatic carbocycles. The van der Waals surface area contributed by atoms with E-state index in [0.717, 1.165) is 17.4 Å². The fourth-order valence-corrected chi connectivity index (χ4v) is 7.50. The summed E-state index contributed by atoms with van der Waals surface area (Å²) >= 11 is 1.20. The molecule has 0 unspecified atom stereocenters. The van der Waals surface area contributed by atoms with E-state index in [9.17, 15) is 18.8 Å². The SMILES string of the molecule is COc1ccc(F)cc1[C@H](Cn1c(=O)n(C(C)(C)C(=O)N2CCCC2)c(=O)c2c(C)c(-n3nccn3)sc21)OC1CCOCC1. The average molecular weight is 641 g/mol. The monoisotopic (exact) mass is 640 g/mol. The topological polar surface area (TPSA) is 123 Å². The molecule has 0 N–H and O–H groups in total. The van der Waals surface area contributed by atoms with Crippen LogP contribution in [0.25, 0.3) is 15.2 Å². The van der Waals surface area contributed by atoms with Crippen LogP contribution in [0.15, 0.2) is 40.2 Å². The number of benzene rings is 1. The lowest BCUT2D eigenvalue weighted by Crippen LogP contribution is -2.56. The number of fused-ring (bicyclic) bond motifs is 1. The number of aromatic nitrogens is 5. The van der Waals surface area contributed by atoms with E-state index in [1.54, 1.807) is 25.7 Å². The molecule has 2 fully saturated rings. The van der Waals surface area contributed by atoms with Crippen molar-refractivity contribution in [1.29, 1.82) is 0 Å². The van der Waals surface area contributed by atoms with Crippen molar-refractivity contribution in [2.75, 3.05) is 33.4 Å². The van der Waals surface area contributed by atoms with Gasteiger partial charge in [-0.25, -0.2) is 13.8 Å². The maximum Gasteiger partial charge on any atom is 0.333 e. The van der Waals surface area contributed by atoms with Gasteiger partial charge in [-0.1, -0.05) is 11.3 Å².